The van der Waals surface area contributed by atoms with Gasteiger partial charge in [0.1, 0.15) is 17.1 Å². The lowest BCUT2D eigenvalue weighted by Gasteiger charge is -2.11. The van der Waals surface area contributed by atoms with Gasteiger partial charge in [-0.25, -0.2) is 4.98 Å². The van der Waals surface area contributed by atoms with E-state index in [1.807, 2.05) is 18.2 Å². The van der Waals surface area contributed by atoms with E-state index in [1.165, 1.54) is 0 Å². The molecule has 25 heavy (non-hydrogen) atoms. The second-order valence-electron chi connectivity index (χ2n) is 5.92. The Kier molecular flexibility index (Phi) is 5.22. The van der Waals surface area contributed by atoms with Crippen LogP contribution in [-0.4, -0.2) is 26.4 Å². The molecule has 0 saturated heterocycles. The monoisotopic (exact) mass is 404 g/mol. The first-order valence-electron chi connectivity index (χ1n) is 8.43. The zero-order valence-electron chi connectivity index (χ0n) is 14.6. The zero-order chi connectivity index (χ0) is 18.0. The molecule has 0 bridgehead atoms. The fourth-order valence-corrected chi connectivity index (χ4v) is 3.17. The molecule has 0 aliphatic rings. The molecule has 0 spiro atoms. The first kappa shape index (κ1) is 17.7. The summed E-state index contributed by atoms with van der Waals surface area (Å²) in [6.45, 7) is 4.74. The Labute approximate surface area is 154 Å². The summed E-state index contributed by atoms with van der Waals surface area (Å²) in [6, 6.07) is 5.71. The van der Waals surface area contributed by atoms with E-state index in [4.69, 9.17) is 9.72 Å². The predicted octanol–water partition coefficient (Wildman–Crippen LogP) is 3.83. The van der Waals surface area contributed by atoms with Gasteiger partial charge in [-0.15, -0.1) is 0 Å². The van der Waals surface area contributed by atoms with E-state index in [0.717, 1.165) is 35.0 Å². The number of H-pyrrole nitrogens is 1. The highest BCUT2D eigenvalue weighted by atomic mass is 79.9. The van der Waals surface area contributed by atoms with Crippen molar-refractivity contribution in [3.63, 3.8) is 0 Å². The molecule has 3 rings (SSSR count). The second-order valence-corrected chi connectivity index (χ2v) is 6.84. The second kappa shape index (κ2) is 7.39. The number of ether oxygens (including phenoxy) is 1. The Morgan fingerprint density at radius 3 is 2.80 bits per heavy atom. The van der Waals surface area contributed by atoms with E-state index in [2.05, 4.69) is 39.9 Å². The van der Waals surface area contributed by atoms with Crippen molar-refractivity contribution >= 4 is 27.0 Å². The third-order valence-electron chi connectivity index (χ3n) is 3.91. The molecule has 0 aliphatic heterocycles. The Morgan fingerprint density at radius 1 is 1.28 bits per heavy atom. The van der Waals surface area contributed by atoms with Gasteiger partial charge in [-0.3, -0.25) is 9.48 Å². The molecule has 2 aromatic heterocycles. The van der Waals surface area contributed by atoms with Crippen LogP contribution in [0.25, 0.3) is 22.4 Å². The molecule has 0 saturated carbocycles. The highest BCUT2D eigenvalue weighted by molar-refractivity contribution is 9.10. The van der Waals surface area contributed by atoms with E-state index in [1.54, 1.807) is 11.7 Å². The standard InChI is InChI=1S/C18H21BrN4O2/c1-4-6-13-15-16(23(3)22-13)18(24)21-17(20-15)12-10-11(19)7-8-14(12)25-9-5-2/h7-8,10H,4-6,9H2,1-3H3,(H,20,21,24). The highest BCUT2D eigenvalue weighted by Crippen LogP contribution is 2.31. The van der Waals surface area contributed by atoms with Gasteiger partial charge in [0.15, 0.2) is 5.52 Å². The number of hydrogen-bond donors (Lipinski definition) is 1. The average molecular weight is 405 g/mol. The van der Waals surface area contributed by atoms with Crippen molar-refractivity contribution in [3.05, 3.63) is 38.7 Å². The van der Waals surface area contributed by atoms with Crippen LogP contribution in [0, 0.1) is 0 Å². The molecule has 0 aliphatic carbocycles. The van der Waals surface area contributed by atoms with Crippen molar-refractivity contribution in [2.24, 2.45) is 7.05 Å². The number of aromatic amines is 1. The van der Waals surface area contributed by atoms with E-state index in [0.29, 0.717) is 29.2 Å². The molecular weight excluding hydrogens is 384 g/mol. The van der Waals surface area contributed by atoms with Crippen molar-refractivity contribution < 1.29 is 4.74 Å². The lowest BCUT2D eigenvalue weighted by molar-refractivity contribution is 0.318. The minimum Gasteiger partial charge on any atom is -0.493 e. The van der Waals surface area contributed by atoms with Crippen LogP contribution < -0.4 is 10.3 Å². The van der Waals surface area contributed by atoms with Crippen LogP contribution in [-0.2, 0) is 13.5 Å². The summed E-state index contributed by atoms with van der Waals surface area (Å²) in [6.07, 6.45) is 2.63. The quantitative estimate of drug-likeness (QED) is 0.677. The van der Waals surface area contributed by atoms with Crippen molar-refractivity contribution in [1.29, 1.82) is 0 Å². The molecule has 3 aromatic rings. The van der Waals surface area contributed by atoms with Crippen LogP contribution in [0.5, 0.6) is 5.75 Å². The molecular formula is C18H21BrN4O2. The summed E-state index contributed by atoms with van der Waals surface area (Å²) in [5.41, 5.74) is 2.56. The van der Waals surface area contributed by atoms with Crippen LogP contribution in [0.15, 0.2) is 27.5 Å². The van der Waals surface area contributed by atoms with Crippen LogP contribution in [0.3, 0.4) is 0 Å². The number of aryl methyl sites for hydroxylation is 2. The van der Waals surface area contributed by atoms with E-state index >= 15 is 0 Å². The number of fused-ring (bicyclic) bond motifs is 1. The number of hydrogen-bond acceptors (Lipinski definition) is 4. The summed E-state index contributed by atoms with van der Waals surface area (Å²) >= 11 is 3.48. The van der Waals surface area contributed by atoms with Crippen molar-refractivity contribution in [2.75, 3.05) is 6.61 Å². The molecule has 0 amide bonds. The molecule has 1 aromatic carbocycles. The van der Waals surface area contributed by atoms with E-state index < -0.39 is 0 Å². The smallest absolute Gasteiger partial charge is 0.277 e. The number of nitrogens with one attached hydrogen (secondary N) is 1. The zero-order valence-corrected chi connectivity index (χ0v) is 16.2. The minimum absolute atomic E-state index is 0.196. The van der Waals surface area contributed by atoms with Crippen LogP contribution in [0.2, 0.25) is 0 Å². The summed E-state index contributed by atoms with van der Waals surface area (Å²) in [7, 11) is 1.77. The van der Waals surface area contributed by atoms with Gasteiger partial charge in [0.25, 0.3) is 5.56 Å². The van der Waals surface area contributed by atoms with Gasteiger partial charge in [-0.05, 0) is 31.0 Å². The lowest BCUT2D eigenvalue weighted by Crippen LogP contribution is -2.12. The van der Waals surface area contributed by atoms with Gasteiger partial charge < -0.3 is 9.72 Å². The maximum Gasteiger partial charge on any atom is 0.277 e. The van der Waals surface area contributed by atoms with Gasteiger partial charge in [0.05, 0.1) is 17.9 Å². The topological polar surface area (TPSA) is 72.8 Å². The first-order valence-corrected chi connectivity index (χ1v) is 9.23. The number of nitrogens with zero attached hydrogens (tertiary/aromatic N) is 3. The Balaban J connectivity index is 2.21. The number of rotatable bonds is 6. The summed E-state index contributed by atoms with van der Waals surface area (Å²) in [4.78, 5) is 20.2. The molecule has 1 N–H and O–H groups in total. The Hall–Kier alpha value is -2.15. The largest absolute Gasteiger partial charge is 0.493 e. The molecule has 132 valence electrons. The SMILES string of the molecule is CCCOc1ccc(Br)cc1-c1nc2c(CCC)nn(C)c2c(=O)[nH]1. The summed E-state index contributed by atoms with van der Waals surface area (Å²) < 4.78 is 8.33. The lowest BCUT2D eigenvalue weighted by atomic mass is 10.1. The average Bonchev–Trinajstić information content (AvgIpc) is 2.90. The number of aromatic nitrogens is 4. The minimum atomic E-state index is -0.196. The van der Waals surface area contributed by atoms with Gasteiger partial charge in [-0.1, -0.05) is 36.2 Å². The number of halogens is 1. The third-order valence-corrected chi connectivity index (χ3v) is 4.40. The molecule has 0 unspecified atom stereocenters. The maximum absolute atomic E-state index is 12.6. The normalized spacial score (nSPS) is 11.2. The Bertz CT molecular complexity index is 962. The van der Waals surface area contributed by atoms with Crippen LogP contribution >= 0.6 is 15.9 Å². The fraction of sp³-hybridized carbons (Fsp3) is 0.389. The molecule has 0 radical (unpaired) electrons. The van der Waals surface area contributed by atoms with Crippen molar-refractivity contribution in [3.8, 4) is 17.1 Å². The summed E-state index contributed by atoms with van der Waals surface area (Å²) in [5, 5.41) is 4.46. The van der Waals surface area contributed by atoms with Crippen molar-refractivity contribution in [2.45, 2.75) is 33.1 Å². The Morgan fingerprint density at radius 2 is 2.08 bits per heavy atom. The van der Waals surface area contributed by atoms with Gasteiger partial charge in [0, 0.05) is 11.5 Å². The molecule has 0 atom stereocenters. The maximum atomic E-state index is 12.6. The molecule has 7 heteroatoms. The highest BCUT2D eigenvalue weighted by Gasteiger charge is 2.17. The molecule has 0 fully saturated rings. The predicted molar refractivity (Wildman–Crippen MR) is 102 cm³/mol. The van der Waals surface area contributed by atoms with Gasteiger partial charge in [0.2, 0.25) is 0 Å². The fourth-order valence-electron chi connectivity index (χ4n) is 2.80. The van der Waals surface area contributed by atoms with Crippen molar-refractivity contribution in [1.82, 2.24) is 19.7 Å². The van der Waals surface area contributed by atoms with Crippen LogP contribution in [0.1, 0.15) is 32.4 Å². The van der Waals surface area contributed by atoms with Gasteiger partial charge >= 0.3 is 0 Å². The molecule has 2 heterocycles. The van der Waals surface area contributed by atoms with Gasteiger partial charge in [-0.2, -0.15) is 5.10 Å². The summed E-state index contributed by atoms with van der Waals surface area (Å²) in [5.74, 6) is 1.20. The van der Waals surface area contributed by atoms with E-state index in [-0.39, 0.29) is 5.56 Å². The third kappa shape index (κ3) is 3.46. The number of benzene rings is 1. The van der Waals surface area contributed by atoms with Crippen LogP contribution in [0.4, 0.5) is 0 Å². The molecule has 6 nitrogen and oxygen atoms in total. The first-order chi connectivity index (χ1) is 12.0. The van der Waals surface area contributed by atoms with E-state index in [9.17, 15) is 4.79 Å².